The van der Waals surface area contributed by atoms with Crippen LogP contribution in [0.5, 0.6) is 0 Å². The second-order valence-corrected chi connectivity index (χ2v) is 9.77. The molecule has 0 aliphatic carbocycles. The van der Waals surface area contributed by atoms with Gasteiger partial charge in [-0.2, -0.15) is 5.10 Å². The van der Waals surface area contributed by atoms with Crippen LogP contribution in [-0.4, -0.2) is 63.2 Å². The van der Waals surface area contributed by atoms with E-state index in [-0.39, 0.29) is 13.2 Å². The van der Waals surface area contributed by atoms with Gasteiger partial charge in [0.2, 0.25) is 0 Å². The SMILES string of the molecule is C.Fc1ccc(CCn2ncc3c(Nc4cccc(Cl)c4)nc(SCCN4CCOCC4)nc32)cc1. The summed E-state index contributed by atoms with van der Waals surface area (Å²) in [6.45, 7) is 5.06. The van der Waals surface area contributed by atoms with Crippen LogP contribution >= 0.6 is 23.4 Å². The molecule has 0 amide bonds. The van der Waals surface area contributed by atoms with Crippen LogP contribution in [0.4, 0.5) is 15.9 Å². The van der Waals surface area contributed by atoms with E-state index in [4.69, 9.17) is 26.3 Å². The van der Waals surface area contributed by atoms with Gasteiger partial charge in [0.15, 0.2) is 10.8 Å². The zero-order valence-electron chi connectivity index (χ0n) is 19.2. The van der Waals surface area contributed by atoms with Gasteiger partial charge in [-0.15, -0.1) is 0 Å². The van der Waals surface area contributed by atoms with E-state index in [0.29, 0.717) is 22.5 Å². The number of ether oxygens (including phenoxy) is 1. The van der Waals surface area contributed by atoms with E-state index in [1.165, 1.54) is 12.1 Å². The van der Waals surface area contributed by atoms with Gasteiger partial charge in [0.1, 0.15) is 11.6 Å². The van der Waals surface area contributed by atoms with E-state index in [0.717, 1.165) is 67.3 Å². The molecule has 7 nitrogen and oxygen atoms in total. The van der Waals surface area contributed by atoms with E-state index in [9.17, 15) is 4.39 Å². The van der Waals surface area contributed by atoms with Crippen LogP contribution in [0, 0.1) is 5.82 Å². The van der Waals surface area contributed by atoms with Crippen molar-refractivity contribution in [1.82, 2.24) is 24.6 Å². The van der Waals surface area contributed by atoms with Gasteiger partial charge in [-0.3, -0.25) is 4.90 Å². The number of thioether (sulfide) groups is 1. The molecule has 1 saturated heterocycles. The first kappa shape index (κ1) is 26.3. The molecule has 0 saturated carbocycles. The van der Waals surface area contributed by atoms with Crippen LogP contribution in [0.2, 0.25) is 5.02 Å². The van der Waals surface area contributed by atoms with Crippen molar-refractivity contribution >= 4 is 45.9 Å². The molecule has 4 aromatic rings. The molecule has 0 atom stereocenters. The Labute approximate surface area is 220 Å². The van der Waals surface area contributed by atoms with Gasteiger partial charge >= 0.3 is 0 Å². The second-order valence-electron chi connectivity index (χ2n) is 8.27. The molecule has 36 heavy (non-hydrogen) atoms. The maximum absolute atomic E-state index is 13.3. The third kappa shape index (κ3) is 6.73. The number of benzene rings is 2. The molecule has 1 aliphatic heterocycles. The predicted octanol–water partition coefficient (Wildman–Crippen LogP) is 5.67. The summed E-state index contributed by atoms with van der Waals surface area (Å²) in [5, 5.41) is 10.2. The summed E-state index contributed by atoms with van der Waals surface area (Å²) in [5.74, 6) is 1.34. The number of halogens is 2. The third-order valence-electron chi connectivity index (χ3n) is 5.83. The molecule has 2 aromatic carbocycles. The fraction of sp³-hybridized carbons (Fsp3) is 0.346. The molecule has 0 bridgehead atoms. The first-order valence-corrected chi connectivity index (χ1v) is 12.9. The minimum atomic E-state index is -0.235. The Kier molecular flexibility index (Phi) is 9.14. The maximum Gasteiger partial charge on any atom is 0.191 e. The number of nitrogens with zero attached hydrogens (tertiary/aromatic N) is 5. The molecular weight excluding hydrogens is 499 g/mol. The molecule has 1 N–H and O–H groups in total. The molecule has 10 heteroatoms. The van der Waals surface area contributed by atoms with Crippen LogP contribution in [0.25, 0.3) is 11.0 Å². The quantitative estimate of drug-likeness (QED) is 0.222. The monoisotopic (exact) mass is 528 g/mol. The molecule has 2 aromatic heterocycles. The molecule has 0 unspecified atom stereocenters. The van der Waals surface area contributed by atoms with Gasteiger partial charge in [0, 0.05) is 42.6 Å². The summed E-state index contributed by atoms with van der Waals surface area (Å²) < 4.78 is 20.6. The zero-order chi connectivity index (χ0) is 24.0. The van der Waals surface area contributed by atoms with Crippen molar-refractivity contribution in [2.24, 2.45) is 0 Å². The topological polar surface area (TPSA) is 68.1 Å². The average molecular weight is 529 g/mol. The van der Waals surface area contributed by atoms with Crippen LogP contribution < -0.4 is 5.32 Å². The summed E-state index contributed by atoms with van der Waals surface area (Å²) >= 11 is 7.82. The number of anilines is 2. The minimum Gasteiger partial charge on any atom is -0.379 e. The molecule has 0 radical (unpaired) electrons. The zero-order valence-corrected chi connectivity index (χ0v) is 20.7. The standard InChI is InChI=1S/C25H26ClFN6OS.CH4/c26-19-2-1-3-21(16-19)29-23-22-17-28-33(9-8-18-4-6-20(27)7-5-18)24(22)31-25(30-23)35-15-12-32-10-13-34-14-11-32;/h1-7,16-17H,8-15H2,(H,29,30,31);1H4. The lowest BCUT2D eigenvalue weighted by molar-refractivity contribution is 0.0410. The lowest BCUT2D eigenvalue weighted by Crippen LogP contribution is -2.37. The van der Waals surface area contributed by atoms with Crippen molar-refractivity contribution in [3.8, 4) is 0 Å². The molecule has 1 fully saturated rings. The lowest BCUT2D eigenvalue weighted by atomic mass is 10.1. The number of hydrogen-bond donors (Lipinski definition) is 1. The van der Waals surface area contributed by atoms with Gasteiger partial charge in [-0.05, 0) is 42.3 Å². The average Bonchev–Trinajstić information content (AvgIpc) is 3.28. The Morgan fingerprint density at radius 2 is 1.86 bits per heavy atom. The van der Waals surface area contributed by atoms with Gasteiger partial charge < -0.3 is 10.1 Å². The number of hydrogen-bond acceptors (Lipinski definition) is 7. The smallest absolute Gasteiger partial charge is 0.191 e. The van der Waals surface area contributed by atoms with Gasteiger partial charge in [-0.25, -0.2) is 19.0 Å². The number of fused-ring (bicyclic) bond motifs is 1. The normalized spacial score (nSPS) is 14.1. The number of aryl methyl sites for hydroxylation is 2. The Hall–Kier alpha value is -2.72. The number of rotatable bonds is 9. The van der Waals surface area contributed by atoms with Crippen LogP contribution in [0.15, 0.2) is 59.9 Å². The van der Waals surface area contributed by atoms with E-state index in [2.05, 4.69) is 15.3 Å². The highest BCUT2D eigenvalue weighted by Crippen LogP contribution is 2.28. The highest BCUT2D eigenvalue weighted by molar-refractivity contribution is 7.99. The fourth-order valence-electron chi connectivity index (χ4n) is 3.94. The van der Waals surface area contributed by atoms with Gasteiger partial charge in [-0.1, -0.05) is 49.0 Å². The summed E-state index contributed by atoms with van der Waals surface area (Å²) in [5.41, 5.74) is 2.66. The first-order valence-electron chi connectivity index (χ1n) is 11.6. The summed E-state index contributed by atoms with van der Waals surface area (Å²) in [6, 6.07) is 14.1. The van der Waals surface area contributed by atoms with Crippen molar-refractivity contribution in [3.05, 3.63) is 71.1 Å². The van der Waals surface area contributed by atoms with E-state index in [1.54, 1.807) is 30.1 Å². The molecule has 5 rings (SSSR count). The van der Waals surface area contributed by atoms with E-state index < -0.39 is 0 Å². The maximum atomic E-state index is 13.3. The second kappa shape index (κ2) is 12.5. The van der Waals surface area contributed by atoms with Crippen molar-refractivity contribution in [1.29, 1.82) is 0 Å². The van der Waals surface area contributed by atoms with Crippen molar-refractivity contribution < 1.29 is 9.13 Å². The highest BCUT2D eigenvalue weighted by atomic mass is 35.5. The summed E-state index contributed by atoms with van der Waals surface area (Å²) in [4.78, 5) is 12.1. The fourth-order valence-corrected chi connectivity index (χ4v) is 4.97. The van der Waals surface area contributed by atoms with Crippen molar-refractivity contribution in [2.45, 2.75) is 25.5 Å². The highest BCUT2D eigenvalue weighted by Gasteiger charge is 2.15. The Morgan fingerprint density at radius 1 is 1.06 bits per heavy atom. The Balaban J connectivity index is 0.00000304. The number of aromatic nitrogens is 4. The predicted molar refractivity (Wildman–Crippen MR) is 145 cm³/mol. The largest absolute Gasteiger partial charge is 0.379 e. The summed E-state index contributed by atoms with van der Waals surface area (Å²) in [7, 11) is 0. The third-order valence-corrected chi connectivity index (χ3v) is 6.89. The van der Waals surface area contributed by atoms with Crippen molar-refractivity contribution in [3.63, 3.8) is 0 Å². The van der Waals surface area contributed by atoms with Crippen molar-refractivity contribution in [2.75, 3.05) is 43.9 Å². The Bertz CT molecular complexity index is 1280. The first-order chi connectivity index (χ1) is 17.1. The van der Waals surface area contributed by atoms with Gasteiger partial charge in [0.05, 0.1) is 24.8 Å². The molecular formula is C26H30ClFN6OS. The molecule has 1 aliphatic rings. The lowest BCUT2D eigenvalue weighted by Gasteiger charge is -2.26. The number of morpholine rings is 1. The van der Waals surface area contributed by atoms with Crippen LogP contribution in [0.3, 0.4) is 0 Å². The summed E-state index contributed by atoms with van der Waals surface area (Å²) in [6.07, 6.45) is 2.51. The van der Waals surface area contributed by atoms with Crippen LogP contribution in [0.1, 0.15) is 13.0 Å². The van der Waals surface area contributed by atoms with E-state index in [1.807, 2.05) is 28.9 Å². The minimum absolute atomic E-state index is 0. The molecule has 3 heterocycles. The van der Waals surface area contributed by atoms with Gasteiger partial charge in [0.25, 0.3) is 0 Å². The number of nitrogens with one attached hydrogen (secondary N) is 1. The molecule has 0 spiro atoms. The molecule has 190 valence electrons. The van der Waals surface area contributed by atoms with E-state index >= 15 is 0 Å². The van der Waals surface area contributed by atoms with Crippen LogP contribution in [-0.2, 0) is 17.7 Å². The Morgan fingerprint density at radius 3 is 2.64 bits per heavy atom.